The van der Waals surface area contributed by atoms with E-state index in [4.69, 9.17) is 0 Å². The van der Waals surface area contributed by atoms with Crippen LogP contribution in [0.3, 0.4) is 0 Å². The van der Waals surface area contributed by atoms with Crippen molar-refractivity contribution in [2.75, 3.05) is 0 Å². The fourth-order valence-electron chi connectivity index (χ4n) is 8.03. The smallest absolute Gasteiger partial charge is 0.343 e. The third kappa shape index (κ3) is 7.86. The molecule has 0 spiro atoms. The molecule has 0 aliphatic heterocycles. The molecule has 0 amide bonds. The Hall–Kier alpha value is -4.06. The molecule has 8 aromatic rings. The summed E-state index contributed by atoms with van der Waals surface area (Å²) in [4.78, 5) is 0. The molecule has 272 valence electrons. The normalized spacial score (nSPS) is 11.3. The standard InChI is InChI=1S/C45H38.2C4H9.Zr/c1-5-29-27-33-19-13-25-39(43(33)41(29)37-23-11-17-31-15-7-9-21-35(31)37)45(3,4)40-26-14-20-34-28-30(6-2)42(44(34)40)38-24-12-18-32-16-8-10-22-36(32)38;2*1-3-4-2;/h7-28H,5-6H2,1-4H3;2*1,3-4H2,2H3;/q-2;2*-1;+4. The van der Waals surface area contributed by atoms with Crippen LogP contribution in [-0.2, 0) is 44.5 Å². The summed E-state index contributed by atoms with van der Waals surface area (Å²) in [6, 6.07) is 50.0. The zero-order chi connectivity index (χ0) is 37.5. The van der Waals surface area contributed by atoms with Crippen molar-refractivity contribution in [2.24, 2.45) is 0 Å². The Labute approximate surface area is 344 Å². The first-order valence-electron chi connectivity index (χ1n) is 19.8. The van der Waals surface area contributed by atoms with E-state index in [1.54, 1.807) is 0 Å². The van der Waals surface area contributed by atoms with E-state index in [0.29, 0.717) is 0 Å². The molecule has 0 radical (unpaired) electrons. The van der Waals surface area contributed by atoms with Crippen LogP contribution in [0.2, 0.25) is 0 Å². The molecule has 8 rings (SSSR count). The van der Waals surface area contributed by atoms with Crippen molar-refractivity contribution in [3.63, 3.8) is 0 Å². The Balaban J connectivity index is 0.000000570. The van der Waals surface area contributed by atoms with Crippen LogP contribution in [-0.4, -0.2) is 0 Å². The molecule has 0 aliphatic rings. The van der Waals surface area contributed by atoms with Crippen molar-refractivity contribution >= 4 is 43.1 Å². The van der Waals surface area contributed by atoms with Crippen molar-refractivity contribution in [3.05, 3.63) is 170 Å². The predicted molar refractivity (Wildman–Crippen MR) is 236 cm³/mol. The van der Waals surface area contributed by atoms with Gasteiger partial charge in [0.15, 0.2) is 0 Å². The molecule has 0 atom stereocenters. The van der Waals surface area contributed by atoms with E-state index in [2.05, 4.69) is 189 Å². The Morgan fingerprint density at radius 3 is 1.20 bits per heavy atom. The summed E-state index contributed by atoms with van der Waals surface area (Å²) in [5.74, 6) is 0. The average molecular weight is 784 g/mol. The van der Waals surface area contributed by atoms with Gasteiger partial charge in [-0.2, -0.15) is 12.8 Å². The summed E-state index contributed by atoms with van der Waals surface area (Å²) in [7, 11) is 0. The first-order chi connectivity index (χ1) is 25.8. The van der Waals surface area contributed by atoms with Crippen LogP contribution in [0.4, 0.5) is 0 Å². The number of benzene rings is 6. The van der Waals surface area contributed by atoms with Crippen LogP contribution in [0.15, 0.2) is 133 Å². The molecule has 8 aromatic carbocycles. The molecule has 0 fully saturated rings. The number of hydrogen-bond acceptors (Lipinski definition) is 0. The van der Waals surface area contributed by atoms with Gasteiger partial charge in [0.1, 0.15) is 0 Å². The molecule has 0 heterocycles. The molecule has 0 aliphatic carbocycles. The zero-order valence-corrected chi connectivity index (χ0v) is 35.8. The largest absolute Gasteiger partial charge is 4.00 e. The summed E-state index contributed by atoms with van der Waals surface area (Å²) < 4.78 is 0. The molecule has 0 aromatic heterocycles. The molecule has 0 unspecified atom stereocenters. The average Bonchev–Trinajstić information content (AvgIpc) is 3.79. The minimum absolute atomic E-state index is 0. The first-order valence-corrected chi connectivity index (χ1v) is 19.8. The minimum Gasteiger partial charge on any atom is -0.343 e. The number of rotatable bonds is 8. The third-order valence-corrected chi connectivity index (χ3v) is 10.9. The maximum Gasteiger partial charge on any atom is 4.00 e. The second-order valence-corrected chi connectivity index (χ2v) is 14.7. The van der Waals surface area contributed by atoms with Crippen LogP contribution < -0.4 is 0 Å². The number of hydrogen-bond donors (Lipinski definition) is 0. The third-order valence-electron chi connectivity index (χ3n) is 10.9. The van der Waals surface area contributed by atoms with Gasteiger partial charge in [0.25, 0.3) is 0 Å². The SMILES string of the molecule is CCc1[cH-]c2cccc(C(C)(C)c3cccc4[cH-]c(CC)c(-c5cccc6ccccc56)c34)c2c1-c1cccc2ccccc12.[CH2-]CCC.[CH2-]CCC.[Zr+4]. The van der Waals surface area contributed by atoms with Gasteiger partial charge in [0.2, 0.25) is 0 Å². The number of unbranched alkanes of at least 4 members (excludes halogenated alkanes) is 2. The summed E-state index contributed by atoms with van der Waals surface area (Å²) in [5.41, 5.74) is 10.8. The predicted octanol–water partition coefficient (Wildman–Crippen LogP) is 15.8. The molecule has 0 bridgehead atoms. The quantitative estimate of drug-likeness (QED) is 0.135. The van der Waals surface area contributed by atoms with Gasteiger partial charge in [0, 0.05) is 0 Å². The molecule has 54 heavy (non-hydrogen) atoms. The van der Waals surface area contributed by atoms with E-state index >= 15 is 0 Å². The van der Waals surface area contributed by atoms with E-state index in [-0.39, 0.29) is 31.6 Å². The Morgan fingerprint density at radius 2 is 0.833 bits per heavy atom. The number of aryl methyl sites for hydroxylation is 2. The summed E-state index contributed by atoms with van der Waals surface area (Å²) in [6.07, 6.45) is 6.55. The van der Waals surface area contributed by atoms with Crippen molar-refractivity contribution in [1.82, 2.24) is 0 Å². The molecule has 1 heteroatoms. The Bertz CT molecular complexity index is 2260. The molecule has 0 N–H and O–H groups in total. The van der Waals surface area contributed by atoms with Gasteiger partial charge >= 0.3 is 26.2 Å². The summed E-state index contributed by atoms with van der Waals surface area (Å²) in [6.45, 7) is 20.9. The van der Waals surface area contributed by atoms with E-state index in [9.17, 15) is 0 Å². The Kier molecular flexibility index (Phi) is 14.1. The molecule has 0 saturated heterocycles. The monoisotopic (exact) mass is 782 g/mol. The van der Waals surface area contributed by atoms with Crippen LogP contribution >= 0.6 is 0 Å². The van der Waals surface area contributed by atoms with E-state index in [1.807, 2.05) is 0 Å². The van der Waals surface area contributed by atoms with Gasteiger partial charge in [-0.15, -0.1) is 80.2 Å². The summed E-state index contributed by atoms with van der Waals surface area (Å²) >= 11 is 0. The molecule has 0 nitrogen and oxygen atoms in total. The topological polar surface area (TPSA) is 0 Å². The van der Waals surface area contributed by atoms with Crippen molar-refractivity contribution in [2.45, 2.75) is 85.5 Å². The van der Waals surface area contributed by atoms with Gasteiger partial charge in [-0.25, -0.2) is 0 Å². The van der Waals surface area contributed by atoms with E-state index in [0.717, 1.165) is 25.7 Å². The van der Waals surface area contributed by atoms with Gasteiger partial charge in [-0.3, -0.25) is 0 Å². The van der Waals surface area contributed by atoms with Crippen molar-refractivity contribution in [1.29, 1.82) is 0 Å². The van der Waals surface area contributed by atoms with Crippen LogP contribution in [0.5, 0.6) is 0 Å². The molecular formula is C53H56Zr. The van der Waals surface area contributed by atoms with Gasteiger partial charge in [0.05, 0.1) is 0 Å². The second kappa shape index (κ2) is 18.5. The molecular weight excluding hydrogens is 728 g/mol. The Morgan fingerprint density at radius 1 is 0.481 bits per heavy atom. The number of fused-ring (bicyclic) bond motifs is 4. The summed E-state index contributed by atoms with van der Waals surface area (Å²) in [5, 5.41) is 10.7. The van der Waals surface area contributed by atoms with Crippen LogP contribution in [0.1, 0.15) is 89.5 Å². The van der Waals surface area contributed by atoms with Crippen LogP contribution in [0.25, 0.3) is 65.3 Å². The first kappa shape index (κ1) is 41.1. The van der Waals surface area contributed by atoms with Gasteiger partial charge in [-0.05, 0) is 39.8 Å². The van der Waals surface area contributed by atoms with Crippen molar-refractivity contribution in [3.8, 4) is 22.3 Å². The zero-order valence-electron chi connectivity index (χ0n) is 33.4. The fraction of sp³-hybridized carbons (Fsp3) is 0.245. The minimum atomic E-state index is -0.254. The second-order valence-electron chi connectivity index (χ2n) is 14.7. The van der Waals surface area contributed by atoms with Crippen LogP contribution in [0, 0.1) is 13.8 Å². The maximum atomic E-state index is 3.60. The van der Waals surface area contributed by atoms with Gasteiger partial charge in [-0.1, -0.05) is 174 Å². The van der Waals surface area contributed by atoms with Crippen molar-refractivity contribution < 1.29 is 26.2 Å². The van der Waals surface area contributed by atoms with E-state index in [1.165, 1.54) is 100 Å². The molecule has 0 saturated carbocycles. The fourth-order valence-corrected chi connectivity index (χ4v) is 8.03. The maximum absolute atomic E-state index is 3.60. The van der Waals surface area contributed by atoms with Gasteiger partial charge < -0.3 is 13.8 Å². The van der Waals surface area contributed by atoms with E-state index < -0.39 is 0 Å².